The maximum atomic E-state index is 13.1. The van der Waals surface area contributed by atoms with Gasteiger partial charge in [0.25, 0.3) is 5.56 Å². The predicted molar refractivity (Wildman–Crippen MR) is 103 cm³/mol. The summed E-state index contributed by atoms with van der Waals surface area (Å²) < 4.78 is 8.70. The van der Waals surface area contributed by atoms with E-state index < -0.39 is 42.3 Å². The van der Waals surface area contributed by atoms with E-state index in [2.05, 4.69) is 24.9 Å². The van der Waals surface area contributed by atoms with Gasteiger partial charge in [-0.1, -0.05) is 0 Å². The van der Waals surface area contributed by atoms with Gasteiger partial charge in [-0.3, -0.25) is 19.1 Å². The Hall–Kier alpha value is -3.86. The molecule has 1 fully saturated rings. The van der Waals surface area contributed by atoms with E-state index in [1.54, 1.807) is 0 Å². The molecular weight excluding hydrogens is 416 g/mol. The van der Waals surface area contributed by atoms with Gasteiger partial charge in [-0.15, -0.1) is 0 Å². The molecule has 4 atom stereocenters. The number of hydrogen-bond acceptors (Lipinski definition) is 12. The Morgan fingerprint density at radius 2 is 1.81 bits per heavy atom. The highest BCUT2D eigenvalue weighted by atomic mass is 16.6. The van der Waals surface area contributed by atoms with Crippen LogP contribution in [0.3, 0.4) is 0 Å². The smallest absolute Gasteiger partial charge is 0.302 e. The van der Waals surface area contributed by atoms with Crippen LogP contribution in [0.5, 0.6) is 0 Å². The SMILES string of the molecule is Nc1nc2c(ncn2-n2c(N)nc3c(ncn3[C@@H]3O[C@H](CO)C(O)C3O)c2=O)c(=O)[nH]1. The molecule has 5 rings (SSSR count). The van der Waals surface area contributed by atoms with Crippen molar-refractivity contribution in [2.45, 2.75) is 24.5 Å². The summed E-state index contributed by atoms with van der Waals surface area (Å²) in [6, 6.07) is 0. The van der Waals surface area contributed by atoms with Crippen LogP contribution in [0.4, 0.5) is 11.9 Å². The number of H-pyrrole nitrogens is 1. The monoisotopic (exact) mass is 432 g/mol. The minimum absolute atomic E-state index is 0.0247. The van der Waals surface area contributed by atoms with E-state index in [0.29, 0.717) is 0 Å². The summed E-state index contributed by atoms with van der Waals surface area (Å²) in [4.78, 5) is 43.6. The molecule has 5 heterocycles. The van der Waals surface area contributed by atoms with Crippen molar-refractivity contribution < 1.29 is 20.1 Å². The van der Waals surface area contributed by atoms with Crippen LogP contribution >= 0.6 is 0 Å². The third-order valence-corrected chi connectivity index (χ3v) is 5.01. The number of aliphatic hydroxyl groups is 3. The number of fused-ring (bicyclic) bond motifs is 2. The summed E-state index contributed by atoms with van der Waals surface area (Å²) in [5, 5.41) is 29.5. The number of ether oxygens (including phenoxy) is 1. The highest BCUT2D eigenvalue weighted by Crippen LogP contribution is 2.31. The van der Waals surface area contributed by atoms with Crippen LogP contribution < -0.4 is 22.6 Å². The zero-order chi connectivity index (χ0) is 22.0. The van der Waals surface area contributed by atoms with Crippen molar-refractivity contribution in [3.8, 4) is 0 Å². The van der Waals surface area contributed by atoms with Gasteiger partial charge < -0.3 is 31.5 Å². The summed E-state index contributed by atoms with van der Waals surface area (Å²) in [6.45, 7) is -0.521. The molecule has 0 aromatic carbocycles. The number of hydrogen-bond donors (Lipinski definition) is 6. The topological polar surface area (TPSA) is 238 Å². The largest absolute Gasteiger partial charge is 0.394 e. The molecule has 31 heavy (non-hydrogen) atoms. The van der Waals surface area contributed by atoms with Crippen molar-refractivity contribution in [1.29, 1.82) is 0 Å². The molecule has 8 N–H and O–H groups in total. The molecular formula is C15H16N10O6. The van der Waals surface area contributed by atoms with Gasteiger partial charge in [-0.05, 0) is 0 Å². The van der Waals surface area contributed by atoms with E-state index >= 15 is 0 Å². The fourth-order valence-corrected chi connectivity index (χ4v) is 3.54. The fraction of sp³-hybridized carbons (Fsp3) is 0.333. The number of aliphatic hydroxyl groups excluding tert-OH is 3. The number of nitrogens with zero attached hydrogens (tertiary/aromatic N) is 7. The van der Waals surface area contributed by atoms with Gasteiger partial charge in [0.15, 0.2) is 28.6 Å². The Labute approximate surface area is 170 Å². The number of imidazole rings is 2. The van der Waals surface area contributed by atoms with Crippen molar-refractivity contribution in [3.05, 3.63) is 33.4 Å². The van der Waals surface area contributed by atoms with Crippen molar-refractivity contribution in [2.24, 2.45) is 0 Å². The zero-order valence-electron chi connectivity index (χ0n) is 15.5. The summed E-state index contributed by atoms with van der Waals surface area (Å²) in [6.07, 6.45) is -2.60. The molecule has 0 amide bonds. The van der Waals surface area contributed by atoms with E-state index in [1.165, 1.54) is 10.9 Å². The number of nitrogen functional groups attached to an aromatic ring is 2. The van der Waals surface area contributed by atoms with Crippen molar-refractivity contribution in [1.82, 2.24) is 38.8 Å². The lowest BCUT2D eigenvalue weighted by atomic mass is 10.1. The molecule has 0 aliphatic carbocycles. The number of aromatic amines is 1. The van der Waals surface area contributed by atoms with Gasteiger partial charge in [0.05, 0.1) is 12.9 Å². The van der Waals surface area contributed by atoms with Gasteiger partial charge >= 0.3 is 5.56 Å². The molecule has 0 spiro atoms. The van der Waals surface area contributed by atoms with Crippen molar-refractivity contribution >= 4 is 34.2 Å². The Kier molecular flexibility index (Phi) is 4.05. The standard InChI is InChI=1S/C15H16N10O6/c16-14-20-10-5(11(29)22-14)19-3-24(10)25-12(30)6-9(21-15(25)17)23(2-18-6)13-8(28)7(27)4(1-26)31-13/h2-4,7-8,13,26-28H,1H2,(H2,17,21)(H3,16,20,22,29)/t4-,7?,8?,13-/m1/s1. The van der Waals surface area contributed by atoms with E-state index in [1.807, 2.05) is 0 Å². The molecule has 16 heteroatoms. The average Bonchev–Trinajstić information content (AvgIpc) is 3.40. The molecule has 0 saturated carbocycles. The highest BCUT2D eigenvalue weighted by Gasteiger charge is 2.44. The number of anilines is 2. The highest BCUT2D eigenvalue weighted by molar-refractivity contribution is 5.73. The molecule has 0 radical (unpaired) electrons. The summed E-state index contributed by atoms with van der Waals surface area (Å²) in [5.41, 5.74) is 9.99. The quantitative estimate of drug-likeness (QED) is 0.182. The normalized spacial score (nSPS) is 23.8. The molecule has 2 unspecified atom stereocenters. The Bertz CT molecular complexity index is 1440. The van der Waals surface area contributed by atoms with E-state index in [4.69, 9.17) is 16.2 Å². The second kappa shape index (κ2) is 6.57. The van der Waals surface area contributed by atoms with Crippen molar-refractivity contribution in [3.63, 3.8) is 0 Å². The molecule has 1 aliphatic heterocycles. The van der Waals surface area contributed by atoms with E-state index in [9.17, 15) is 24.9 Å². The average molecular weight is 432 g/mol. The number of rotatable bonds is 3. The molecule has 162 valence electrons. The lowest BCUT2D eigenvalue weighted by molar-refractivity contribution is -0.0511. The van der Waals surface area contributed by atoms with Gasteiger partial charge in [-0.25, -0.2) is 14.6 Å². The van der Waals surface area contributed by atoms with Crippen LogP contribution in [0.2, 0.25) is 0 Å². The predicted octanol–water partition coefficient (Wildman–Crippen LogP) is -3.89. The van der Waals surface area contributed by atoms with Gasteiger partial charge in [0, 0.05) is 0 Å². The third kappa shape index (κ3) is 2.63. The molecule has 16 nitrogen and oxygen atoms in total. The number of aromatic nitrogens is 8. The Balaban J connectivity index is 1.69. The van der Waals surface area contributed by atoms with E-state index in [0.717, 1.165) is 15.7 Å². The molecule has 1 aliphatic rings. The van der Waals surface area contributed by atoms with Gasteiger partial charge in [0.2, 0.25) is 11.9 Å². The molecule has 1 saturated heterocycles. The van der Waals surface area contributed by atoms with Gasteiger partial charge in [-0.2, -0.15) is 14.6 Å². The second-order valence-electron chi connectivity index (χ2n) is 6.85. The number of nitrogens with one attached hydrogen (secondary N) is 1. The third-order valence-electron chi connectivity index (χ3n) is 5.01. The van der Waals surface area contributed by atoms with Crippen LogP contribution in [-0.2, 0) is 4.74 Å². The molecule has 0 bridgehead atoms. The Morgan fingerprint density at radius 1 is 1.06 bits per heavy atom. The summed E-state index contributed by atoms with van der Waals surface area (Å²) in [7, 11) is 0. The zero-order valence-corrected chi connectivity index (χ0v) is 15.5. The Morgan fingerprint density at radius 3 is 2.52 bits per heavy atom. The number of nitrogens with two attached hydrogens (primary N) is 2. The minimum atomic E-state index is -1.41. The first kappa shape index (κ1) is 19.1. The molecule has 4 aromatic rings. The minimum Gasteiger partial charge on any atom is -0.394 e. The first-order valence-corrected chi connectivity index (χ1v) is 8.92. The van der Waals surface area contributed by atoms with Gasteiger partial charge in [0.1, 0.15) is 24.6 Å². The first-order valence-electron chi connectivity index (χ1n) is 8.92. The summed E-state index contributed by atoms with van der Waals surface area (Å²) >= 11 is 0. The van der Waals surface area contributed by atoms with Crippen LogP contribution in [0.1, 0.15) is 6.23 Å². The van der Waals surface area contributed by atoms with Crippen LogP contribution in [-0.4, -0.2) is 79.1 Å². The fourth-order valence-electron chi connectivity index (χ4n) is 3.54. The maximum absolute atomic E-state index is 13.1. The lowest BCUT2D eigenvalue weighted by Crippen LogP contribution is -2.33. The second-order valence-corrected chi connectivity index (χ2v) is 6.85. The summed E-state index contributed by atoms with van der Waals surface area (Å²) in [5.74, 6) is -0.500. The van der Waals surface area contributed by atoms with Crippen LogP contribution in [0.15, 0.2) is 22.2 Å². The first-order chi connectivity index (χ1) is 14.8. The van der Waals surface area contributed by atoms with Crippen LogP contribution in [0, 0.1) is 0 Å². The maximum Gasteiger partial charge on any atom is 0.302 e. The molecule has 4 aromatic heterocycles. The van der Waals surface area contributed by atoms with E-state index in [-0.39, 0.29) is 34.2 Å². The van der Waals surface area contributed by atoms with Crippen molar-refractivity contribution in [2.75, 3.05) is 18.1 Å². The van der Waals surface area contributed by atoms with Crippen LogP contribution in [0.25, 0.3) is 22.3 Å². The lowest BCUT2D eigenvalue weighted by Gasteiger charge is -2.17.